The first kappa shape index (κ1) is 22.3. The second-order valence-corrected chi connectivity index (χ2v) is 9.57. The third-order valence-electron chi connectivity index (χ3n) is 5.03. The average molecular weight is 485 g/mol. The number of nitro benzene ring substituents is 1. The molecule has 4 rings (SSSR count). The minimum atomic E-state index is -3.97. The van der Waals surface area contributed by atoms with Gasteiger partial charge in [0.1, 0.15) is 11.8 Å². The number of amides is 1. The number of Topliss-reactive ketones (excluding diaryl/α,β-unsaturated/α-hetero) is 1. The number of ketones is 1. The van der Waals surface area contributed by atoms with Crippen LogP contribution in [-0.4, -0.2) is 30.1 Å². The number of anilines is 1. The van der Waals surface area contributed by atoms with Crippen molar-refractivity contribution in [2.24, 2.45) is 5.14 Å². The summed E-state index contributed by atoms with van der Waals surface area (Å²) < 4.78 is 23.1. The van der Waals surface area contributed by atoms with E-state index in [0.717, 1.165) is 11.0 Å². The van der Waals surface area contributed by atoms with Gasteiger partial charge in [-0.2, -0.15) is 0 Å². The molecule has 168 valence electrons. The SMILES string of the molecule is NS(=O)(=O)c1ccc(N2C(=O)C(=O)/C(=C(\O)c3cccc([N+](=O)[O-])c3)C2c2cccs2)cc1. The van der Waals surface area contributed by atoms with E-state index in [1.807, 2.05) is 0 Å². The topological polar surface area (TPSA) is 161 Å². The number of non-ortho nitro benzene ring substituents is 1. The van der Waals surface area contributed by atoms with Gasteiger partial charge in [0, 0.05) is 28.3 Å². The first-order chi connectivity index (χ1) is 15.6. The van der Waals surface area contributed by atoms with Crippen LogP contribution in [0.5, 0.6) is 0 Å². The van der Waals surface area contributed by atoms with Crippen molar-refractivity contribution in [1.29, 1.82) is 0 Å². The van der Waals surface area contributed by atoms with Crippen molar-refractivity contribution in [3.63, 3.8) is 0 Å². The Morgan fingerprint density at radius 3 is 2.36 bits per heavy atom. The molecule has 1 aliphatic rings. The molecule has 0 bridgehead atoms. The van der Waals surface area contributed by atoms with Crippen molar-refractivity contribution < 1.29 is 28.0 Å². The molecule has 1 saturated heterocycles. The Morgan fingerprint density at radius 2 is 1.79 bits per heavy atom. The summed E-state index contributed by atoms with van der Waals surface area (Å²) in [5.74, 6) is -2.48. The van der Waals surface area contributed by atoms with E-state index in [9.17, 15) is 33.2 Å². The van der Waals surface area contributed by atoms with Gasteiger partial charge in [-0.1, -0.05) is 18.2 Å². The fourth-order valence-electron chi connectivity index (χ4n) is 3.53. The lowest BCUT2D eigenvalue weighted by molar-refractivity contribution is -0.384. The monoisotopic (exact) mass is 485 g/mol. The number of nitro groups is 1. The van der Waals surface area contributed by atoms with E-state index in [-0.39, 0.29) is 27.4 Å². The quantitative estimate of drug-likeness (QED) is 0.185. The van der Waals surface area contributed by atoms with E-state index < -0.39 is 38.4 Å². The minimum Gasteiger partial charge on any atom is -0.507 e. The summed E-state index contributed by atoms with van der Waals surface area (Å²) in [6, 6.07) is 12.5. The zero-order valence-electron chi connectivity index (χ0n) is 16.6. The van der Waals surface area contributed by atoms with E-state index in [1.165, 1.54) is 53.8 Å². The van der Waals surface area contributed by atoms with Crippen LogP contribution in [0.1, 0.15) is 16.5 Å². The Morgan fingerprint density at radius 1 is 1.09 bits per heavy atom. The predicted molar refractivity (Wildman–Crippen MR) is 120 cm³/mol. The Balaban J connectivity index is 1.89. The van der Waals surface area contributed by atoms with Crippen molar-refractivity contribution in [2.45, 2.75) is 10.9 Å². The number of benzene rings is 2. The van der Waals surface area contributed by atoms with Gasteiger partial charge in [0.15, 0.2) is 0 Å². The number of hydrogen-bond donors (Lipinski definition) is 2. The van der Waals surface area contributed by atoms with Gasteiger partial charge in [0.05, 0.1) is 15.4 Å². The summed E-state index contributed by atoms with van der Waals surface area (Å²) in [6.07, 6.45) is 0. The van der Waals surface area contributed by atoms with E-state index >= 15 is 0 Å². The fourth-order valence-corrected chi connectivity index (χ4v) is 4.87. The summed E-state index contributed by atoms with van der Waals surface area (Å²) in [5.41, 5.74) is -0.313. The van der Waals surface area contributed by atoms with E-state index in [4.69, 9.17) is 5.14 Å². The molecule has 1 fully saturated rings. The largest absolute Gasteiger partial charge is 0.507 e. The highest BCUT2D eigenvalue weighted by atomic mass is 32.2. The number of carbonyl (C=O) groups excluding carboxylic acids is 2. The molecule has 2 aromatic carbocycles. The molecule has 1 aliphatic heterocycles. The highest BCUT2D eigenvalue weighted by Crippen LogP contribution is 2.43. The van der Waals surface area contributed by atoms with Crippen LogP contribution in [0, 0.1) is 10.1 Å². The summed E-state index contributed by atoms with van der Waals surface area (Å²) in [4.78, 5) is 38.0. The second kappa shape index (κ2) is 8.24. The van der Waals surface area contributed by atoms with Gasteiger partial charge < -0.3 is 5.11 Å². The molecule has 0 aliphatic carbocycles. The Bertz CT molecular complexity index is 1410. The predicted octanol–water partition coefficient (Wildman–Crippen LogP) is 2.93. The molecule has 0 spiro atoms. The molecule has 12 heteroatoms. The van der Waals surface area contributed by atoms with Crippen LogP contribution in [-0.2, 0) is 19.6 Å². The molecule has 10 nitrogen and oxygen atoms in total. The maximum Gasteiger partial charge on any atom is 0.300 e. The van der Waals surface area contributed by atoms with Gasteiger partial charge in [-0.15, -0.1) is 11.3 Å². The maximum atomic E-state index is 13.0. The second-order valence-electron chi connectivity index (χ2n) is 7.03. The number of nitrogens with two attached hydrogens (primary N) is 1. The Hall–Kier alpha value is -3.87. The molecule has 0 saturated carbocycles. The van der Waals surface area contributed by atoms with E-state index in [2.05, 4.69) is 0 Å². The van der Waals surface area contributed by atoms with Gasteiger partial charge in [-0.3, -0.25) is 24.6 Å². The number of aliphatic hydroxyl groups excluding tert-OH is 1. The molecule has 3 N–H and O–H groups in total. The number of aliphatic hydroxyl groups is 1. The lowest BCUT2D eigenvalue weighted by Crippen LogP contribution is -2.29. The number of primary sulfonamides is 1. The van der Waals surface area contributed by atoms with Crippen molar-refractivity contribution in [1.82, 2.24) is 0 Å². The van der Waals surface area contributed by atoms with Gasteiger partial charge >= 0.3 is 0 Å². The Labute approximate surface area is 191 Å². The molecule has 3 aromatic rings. The summed E-state index contributed by atoms with van der Waals surface area (Å²) in [6.45, 7) is 0. The Kier molecular flexibility index (Phi) is 5.57. The first-order valence-electron chi connectivity index (χ1n) is 9.31. The van der Waals surface area contributed by atoms with Crippen LogP contribution in [0.25, 0.3) is 5.76 Å². The van der Waals surface area contributed by atoms with E-state index in [0.29, 0.717) is 4.88 Å². The average Bonchev–Trinajstić information content (AvgIpc) is 3.40. The third-order valence-corrected chi connectivity index (χ3v) is 6.88. The standard InChI is InChI=1S/C21H15N3O7S2/c22-33(30,31)15-8-6-13(7-9-15)23-18(16-5-2-10-32-16)17(20(26)21(23)27)19(25)12-3-1-4-14(11-12)24(28)29/h1-11,18,25H,(H2,22,30,31)/b19-17-. The third kappa shape index (κ3) is 4.02. The summed E-state index contributed by atoms with van der Waals surface area (Å²) in [5, 5.41) is 28.9. The first-order valence-corrected chi connectivity index (χ1v) is 11.7. The normalized spacial score (nSPS) is 18.0. The summed E-state index contributed by atoms with van der Waals surface area (Å²) in [7, 11) is -3.97. The lowest BCUT2D eigenvalue weighted by Gasteiger charge is -2.24. The highest BCUT2D eigenvalue weighted by molar-refractivity contribution is 7.89. The zero-order valence-corrected chi connectivity index (χ0v) is 18.2. The van der Waals surface area contributed by atoms with Crippen LogP contribution in [0.3, 0.4) is 0 Å². The van der Waals surface area contributed by atoms with Crippen LogP contribution < -0.4 is 10.0 Å². The lowest BCUT2D eigenvalue weighted by atomic mass is 9.99. The van der Waals surface area contributed by atoms with Gasteiger partial charge in [0.25, 0.3) is 17.4 Å². The highest BCUT2D eigenvalue weighted by Gasteiger charge is 2.47. The van der Waals surface area contributed by atoms with Crippen molar-refractivity contribution in [3.05, 3.63) is 92.2 Å². The molecule has 1 unspecified atom stereocenters. The van der Waals surface area contributed by atoms with Crippen molar-refractivity contribution in [3.8, 4) is 0 Å². The van der Waals surface area contributed by atoms with E-state index in [1.54, 1.807) is 17.5 Å². The molecule has 2 heterocycles. The van der Waals surface area contributed by atoms with Crippen molar-refractivity contribution >= 4 is 50.2 Å². The number of hydrogen-bond acceptors (Lipinski definition) is 8. The number of rotatable bonds is 5. The number of nitrogens with zero attached hydrogens (tertiary/aromatic N) is 2. The van der Waals surface area contributed by atoms with Crippen LogP contribution in [0.15, 0.2) is 76.5 Å². The summed E-state index contributed by atoms with van der Waals surface area (Å²) >= 11 is 1.24. The molecule has 1 amide bonds. The van der Waals surface area contributed by atoms with Crippen LogP contribution in [0.4, 0.5) is 11.4 Å². The zero-order chi connectivity index (χ0) is 23.9. The molecule has 1 aromatic heterocycles. The molecule has 0 radical (unpaired) electrons. The fraction of sp³-hybridized carbons (Fsp3) is 0.0476. The van der Waals surface area contributed by atoms with Crippen LogP contribution >= 0.6 is 11.3 Å². The molecular weight excluding hydrogens is 470 g/mol. The van der Waals surface area contributed by atoms with Gasteiger partial charge in [-0.05, 0) is 35.7 Å². The smallest absolute Gasteiger partial charge is 0.300 e. The van der Waals surface area contributed by atoms with Gasteiger partial charge in [0.2, 0.25) is 10.0 Å². The van der Waals surface area contributed by atoms with Crippen LogP contribution in [0.2, 0.25) is 0 Å². The molecular formula is C21H15N3O7S2. The number of carbonyl (C=O) groups is 2. The molecule has 1 atom stereocenters. The number of thiophene rings is 1. The van der Waals surface area contributed by atoms with Gasteiger partial charge in [-0.25, -0.2) is 13.6 Å². The minimum absolute atomic E-state index is 0.00771. The number of sulfonamides is 1. The maximum absolute atomic E-state index is 13.0. The molecule has 33 heavy (non-hydrogen) atoms. The van der Waals surface area contributed by atoms with Crippen molar-refractivity contribution in [2.75, 3.05) is 4.90 Å².